The lowest BCUT2D eigenvalue weighted by Crippen LogP contribution is -2.02. The molecule has 14 heavy (non-hydrogen) atoms. The van der Waals surface area contributed by atoms with E-state index in [0.29, 0.717) is 0 Å². The lowest BCUT2D eigenvalue weighted by atomic mass is 10.1. The molecule has 0 aliphatic heterocycles. The normalized spacial score (nSPS) is 18.1. The van der Waals surface area contributed by atoms with Gasteiger partial charge in [-0.3, -0.25) is 0 Å². The lowest BCUT2D eigenvalue weighted by Gasteiger charge is -2.07. The molecule has 0 N–H and O–H groups in total. The molecule has 1 saturated carbocycles. The van der Waals surface area contributed by atoms with Crippen LogP contribution in [0, 0.1) is 9.49 Å². The van der Waals surface area contributed by atoms with Gasteiger partial charge in [0.1, 0.15) is 0 Å². The van der Waals surface area contributed by atoms with Crippen LogP contribution in [0.1, 0.15) is 24.8 Å². The highest BCUT2D eigenvalue weighted by molar-refractivity contribution is 14.1. The molecule has 0 aromatic heterocycles. The highest BCUT2D eigenvalue weighted by atomic mass is 127. The van der Waals surface area contributed by atoms with Gasteiger partial charge in [-0.05, 0) is 71.9 Å². The first-order valence-corrected chi connectivity index (χ1v) is 7.13. The van der Waals surface area contributed by atoms with Crippen LogP contribution in [0.5, 0.6) is 0 Å². The zero-order valence-corrected chi connectivity index (χ0v) is 11.8. The van der Waals surface area contributed by atoms with E-state index >= 15 is 0 Å². The Morgan fingerprint density at radius 3 is 2.50 bits per heavy atom. The van der Waals surface area contributed by atoms with E-state index in [1.165, 1.54) is 34.8 Å². The maximum absolute atomic E-state index is 3.78. The second-order valence-corrected chi connectivity index (χ2v) is 6.44. The number of benzene rings is 1. The SMILES string of the molecule is BrC(CCc1ccc(I)cc1)C1CC1. The third kappa shape index (κ3) is 3.23. The van der Waals surface area contributed by atoms with Crippen molar-refractivity contribution in [2.75, 3.05) is 0 Å². The van der Waals surface area contributed by atoms with Crippen molar-refractivity contribution in [3.05, 3.63) is 33.4 Å². The minimum absolute atomic E-state index is 0.752. The Morgan fingerprint density at radius 2 is 1.93 bits per heavy atom. The molecule has 1 aliphatic rings. The molecule has 0 bridgehead atoms. The van der Waals surface area contributed by atoms with Crippen molar-refractivity contribution in [1.29, 1.82) is 0 Å². The highest BCUT2D eigenvalue weighted by Gasteiger charge is 2.28. The molecule has 1 aliphatic carbocycles. The van der Waals surface area contributed by atoms with Gasteiger partial charge in [0.15, 0.2) is 0 Å². The average Bonchev–Trinajstić information content (AvgIpc) is 3.00. The minimum Gasteiger partial charge on any atom is -0.0888 e. The van der Waals surface area contributed by atoms with Gasteiger partial charge in [-0.15, -0.1) is 0 Å². The highest BCUT2D eigenvalue weighted by Crippen LogP contribution is 2.38. The van der Waals surface area contributed by atoms with Gasteiger partial charge in [-0.2, -0.15) is 0 Å². The van der Waals surface area contributed by atoms with E-state index in [0.717, 1.165) is 10.7 Å². The van der Waals surface area contributed by atoms with E-state index < -0.39 is 0 Å². The summed E-state index contributed by atoms with van der Waals surface area (Å²) in [7, 11) is 0. The van der Waals surface area contributed by atoms with E-state index in [-0.39, 0.29) is 0 Å². The first-order valence-electron chi connectivity index (χ1n) is 5.14. The summed E-state index contributed by atoms with van der Waals surface area (Å²) in [5.74, 6) is 0.971. The van der Waals surface area contributed by atoms with Gasteiger partial charge < -0.3 is 0 Å². The van der Waals surface area contributed by atoms with E-state index in [4.69, 9.17) is 0 Å². The van der Waals surface area contributed by atoms with Crippen LogP contribution in [0.25, 0.3) is 0 Å². The number of hydrogen-bond donors (Lipinski definition) is 0. The number of halogens is 2. The standard InChI is InChI=1S/C12H14BrI/c13-12(10-4-5-10)8-3-9-1-6-11(14)7-2-9/h1-2,6-7,10,12H,3-5,8H2. The quantitative estimate of drug-likeness (QED) is 0.548. The van der Waals surface area contributed by atoms with Gasteiger partial charge >= 0.3 is 0 Å². The number of aryl methyl sites for hydroxylation is 1. The molecular weight excluding hydrogens is 351 g/mol. The maximum atomic E-state index is 3.78. The van der Waals surface area contributed by atoms with Crippen LogP contribution in [0.15, 0.2) is 24.3 Å². The predicted octanol–water partition coefficient (Wildman–Crippen LogP) is 4.40. The van der Waals surface area contributed by atoms with Crippen molar-refractivity contribution in [3.63, 3.8) is 0 Å². The summed E-state index contributed by atoms with van der Waals surface area (Å²) in [4.78, 5) is 0.752. The van der Waals surface area contributed by atoms with Crippen molar-refractivity contribution in [2.24, 2.45) is 5.92 Å². The number of hydrogen-bond acceptors (Lipinski definition) is 0. The molecule has 76 valence electrons. The summed E-state index contributed by atoms with van der Waals surface area (Å²) >= 11 is 6.12. The van der Waals surface area contributed by atoms with Gasteiger partial charge in [-0.25, -0.2) is 0 Å². The monoisotopic (exact) mass is 364 g/mol. The van der Waals surface area contributed by atoms with Crippen molar-refractivity contribution >= 4 is 38.5 Å². The van der Waals surface area contributed by atoms with E-state index in [1.807, 2.05) is 0 Å². The Labute approximate surface area is 108 Å². The first-order chi connectivity index (χ1) is 6.75. The van der Waals surface area contributed by atoms with Crippen molar-refractivity contribution in [2.45, 2.75) is 30.5 Å². The van der Waals surface area contributed by atoms with E-state index in [9.17, 15) is 0 Å². The molecule has 0 heterocycles. The van der Waals surface area contributed by atoms with Gasteiger partial charge in [0.2, 0.25) is 0 Å². The summed E-state index contributed by atoms with van der Waals surface area (Å²) < 4.78 is 1.32. The molecule has 1 aromatic carbocycles. The second-order valence-electron chi connectivity index (χ2n) is 4.02. The van der Waals surface area contributed by atoms with Crippen LogP contribution < -0.4 is 0 Å². The van der Waals surface area contributed by atoms with Crippen LogP contribution in [0.2, 0.25) is 0 Å². The molecule has 1 atom stereocenters. The molecule has 1 aromatic rings. The summed E-state index contributed by atoms with van der Waals surface area (Å²) in [6.45, 7) is 0. The van der Waals surface area contributed by atoms with Crippen molar-refractivity contribution in [1.82, 2.24) is 0 Å². The van der Waals surface area contributed by atoms with Crippen molar-refractivity contribution in [3.8, 4) is 0 Å². The molecule has 0 saturated heterocycles. The fourth-order valence-electron chi connectivity index (χ4n) is 1.65. The summed E-state index contributed by atoms with van der Waals surface area (Å²) in [6.07, 6.45) is 5.36. The third-order valence-corrected chi connectivity index (χ3v) is 4.68. The Balaban J connectivity index is 1.82. The van der Waals surface area contributed by atoms with Crippen LogP contribution >= 0.6 is 38.5 Å². The number of alkyl halides is 1. The molecule has 2 rings (SSSR count). The lowest BCUT2D eigenvalue weighted by molar-refractivity contribution is 0.696. The zero-order valence-electron chi connectivity index (χ0n) is 8.05. The van der Waals surface area contributed by atoms with Gasteiger partial charge in [-0.1, -0.05) is 28.1 Å². The topological polar surface area (TPSA) is 0 Å². The summed E-state index contributed by atoms with van der Waals surface area (Å²) in [6, 6.07) is 8.87. The first kappa shape index (κ1) is 10.9. The van der Waals surface area contributed by atoms with Crippen LogP contribution in [-0.4, -0.2) is 4.83 Å². The van der Waals surface area contributed by atoms with E-state index in [1.54, 1.807) is 0 Å². The summed E-state index contributed by atoms with van der Waals surface area (Å²) in [5.41, 5.74) is 1.47. The van der Waals surface area contributed by atoms with Gasteiger partial charge in [0, 0.05) is 8.40 Å². The Hall–Kier alpha value is 0.430. The third-order valence-electron chi connectivity index (χ3n) is 2.76. The van der Waals surface area contributed by atoms with Gasteiger partial charge in [0.25, 0.3) is 0 Å². The van der Waals surface area contributed by atoms with E-state index in [2.05, 4.69) is 62.8 Å². The molecule has 1 unspecified atom stereocenters. The fraction of sp³-hybridized carbons (Fsp3) is 0.500. The Kier molecular flexibility index (Phi) is 3.88. The second kappa shape index (κ2) is 4.97. The number of rotatable bonds is 4. The maximum Gasteiger partial charge on any atom is 0.0177 e. The summed E-state index contributed by atoms with van der Waals surface area (Å²) in [5, 5.41) is 0. The largest absolute Gasteiger partial charge is 0.0888 e. The molecule has 1 fully saturated rings. The smallest absolute Gasteiger partial charge is 0.0177 e. The zero-order chi connectivity index (χ0) is 9.97. The molecular formula is C12H14BrI. The minimum atomic E-state index is 0.752. The van der Waals surface area contributed by atoms with Crippen LogP contribution in [0.3, 0.4) is 0 Å². The molecule has 0 spiro atoms. The van der Waals surface area contributed by atoms with Crippen LogP contribution in [-0.2, 0) is 6.42 Å². The average molecular weight is 365 g/mol. The fourth-order valence-corrected chi connectivity index (χ4v) is 2.77. The predicted molar refractivity (Wildman–Crippen MR) is 72.9 cm³/mol. The Morgan fingerprint density at radius 1 is 1.29 bits per heavy atom. The van der Waals surface area contributed by atoms with Crippen molar-refractivity contribution < 1.29 is 0 Å². The molecule has 0 amide bonds. The van der Waals surface area contributed by atoms with Gasteiger partial charge in [0.05, 0.1) is 0 Å². The molecule has 2 heteroatoms. The molecule has 0 radical (unpaired) electrons. The Bertz CT molecular complexity index is 290. The van der Waals surface area contributed by atoms with Crippen LogP contribution in [0.4, 0.5) is 0 Å². The molecule has 0 nitrogen and oxygen atoms in total.